The fourth-order valence-corrected chi connectivity index (χ4v) is 3.65. The zero-order chi connectivity index (χ0) is 23.0. The van der Waals surface area contributed by atoms with Gasteiger partial charge in [0.25, 0.3) is 5.91 Å². The van der Waals surface area contributed by atoms with Gasteiger partial charge in [0.15, 0.2) is 0 Å². The molecule has 0 aliphatic carbocycles. The van der Waals surface area contributed by atoms with Crippen LogP contribution < -0.4 is 11.1 Å². The first kappa shape index (κ1) is 24.5. The number of carbonyl (C=O) groups excluding carboxylic acids is 2. The second-order valence-electron chi connectivity index (χ2n) is 8.62. The van der Waals surface area contributed by atoms with Crippen LogP contribution in [-0.4, -0.2) is 48.4 Å². The molecule has 0 fully saturated rings. The summed E-state index contributed by atoms with van der Waals surface area (Å²) in [6, 6.07) is 8.32. The molecule has 0 saturated heterocycles. The molecule has 2 unspecified atom stereocenters. The van der Waals surface area contributed by atoms with E-state index in [0.717, 1.165) is 17.5 Å². The lowest BCUT2D eigenvalue weighted by molar-refractivity contribution is -0.121. The second kappa shape index (κ2) is 11.6. The monoisotopic (exact) mass is 428 g/mol. The lowest BCUT2D eigenvalue weighted by Crippen LogP contribution is -2.42. The molecule has 0 spiro atoms. The molecule has 2 atom stereocenters. The van der Waals surface area contributed by atoms with Crippen molar-refractivity contribution in [3.63, 3.8) is 0 Å². The SMILES string of the molecule is CC(C)CC(CC(=O)NCC(Cc1ccc(C(N)=O)c(F)c1)N(C)C)c1cccnc1. The van der Waals surface area contributed by atoms with E-state index in [9.17, 15) is 14.0 Å². The Balaban J connectivity index is 1.99. The highest BCUT2D eigenvalue weighted by atomic mass is 19.1. The van der Waals surface area contributed by atoms with Gasteiger partial charge in [-0.05, 0) is 68.1 Å². The Morgan fingerprint density at radius 3 is 2.52 bits per heavy atom. The number of primary amides is 1. The van der Waals surface area contributed by atoms with E-state index in [1.807, 2.05) is 37.3 Å². The largest absolute Gasteiger partial charge is 0.366 e. The van der Waals surface area contributed by atoms with Gasteiger partial charge in [0.2, 0.25) is 5.91 Å². The van der Waals surface area contributed by atoms with Crippen LogP contribution in [0, 0.1) is 11.7 Å². The van der Waals surface area contributed by atoms with Crippen LogP contribution in [0.2, 0.25) is 0 Å². The number of likely N-dealkylation sites (N-methyl/N-ethyl adjacent to an activating group) is 1. The molecule has 0 radical (unpaired) electrons. The summed E-state index contributed by atoms with van der Waals surface area (Å²) >= 11 is 0. The average molecular weight is 429 g/mol. The third-order valence-electron chi connectivity index (χ3n) is 5.38. The van der Waals surface area contributed by atoms with Crippen molar-refractivity contribution in [1.29, 1.82) is 0 Å². The molecule has 2 amide bonds. The van der Waals surface area contributed by atoms with Gasteiger partial charge in [-0.2, -0.15) is 0 Å². The molecular weight excluding hydrogens is 395 g/mol. The molecular formula is C24H33FN4O2. The number of rotatable bonds is 11. The average Bonchev–Trinajstić information content (AvgIpc) is 2.70. The molecule has 1 aromatic carbocycles. The Labute approximate surface area is 184 Å². The van der Waals surface area contributed by atoms with Crippen LogP contribution in [0.15, 0.2) is 42.7 Å². The molecule has 0 bridgehead atoms. The number of carbonyl (C=O) groups is 2. The number of nitrogens with zero attached hydrogens (tertiary/aromatic N) is 2. The number of nitrogens with two attached hydrogens (primary N) is 1. The predicted molar refractivity (Wildman–Crippen MR) is 120 cm³/mol. The van der Waals surface area contributed by atoms with Gasteiger partial charge in [-0.25, -0.2) is 4.39 Å². The Kier molecular flexibility index (Phi) is 9.12. The van der Waals surface area contributed by atoms with Crippen molar-refractivity contribution in [1.82, 2.24) is 15.2 Å². The topological polar surface area (TPSA) is 88.3 Å². The van der Waals surface area contributed by atoms with E-state index in [4.69, 9.17) is 5.73 Å². The van der Waals surface area contributed by atoms with E-state index in [1.165, 1.54) is 12.1 Å². The summed E-state index contributed by atoms with van der Waals surface area (Å²) in [5, 5.41) is 3.03. The number of halogens is 1. The van der Waals surface area contributed by atoms with E-state index < -0.39 is 11.7 Å². The van der Waals surface area contributed by atoms with Crippen LogP contribution in [0.25, 0.3) is 0 Å². The predicted octanol–water partition coefficient (Wildman–Crippen LogP) is 3.13. The summed E-state index contributed by atoms with van der Waals surface area (Å²) in [5.41, 5.74) is 6.86. The van der Waals surface area contributed by atoms with E-state index in [2.05, 4.69) is 24.1 Å². The van der Waals surface area contributed by atoms with Gasteiger partial charge in [0, 0.05) is 31.4 Å². The summed E-state index contributed by atoms with van der Waals surface area (Å²) < 4.78 is 14.1. The number of pyridine rings is 1. The highest BCUT2D eigenvalue weighted by Gasteiger charge is 2.20. The number of nitrogens with one attached hydrogen (secondary N) is 1. The van der Waals surface area contributed by atoms with Crippen molar-refractivity contribution < 1.29 is 14.0 Å². The van der Waals surface area contributed by atoms with Gasteiger partial charge >= 0.3 is 0 Å². The minimum absolute atomic E-state index is 0.0170. The summed E-state index contributed by atoms with van der Waals surface area (Å²) in [5.74, 6) is -0.853. The molecule has 1 aromatic heterocycles. The maximum absolute atomic E-state index is 14.1. The van der Waals surface area contributed by atoms with Gasteiger partial charge < -0.3 is 16.0 Å². The minimum Gasteiger partial charge on any atom is -0.366 e. The maximum Gasteiger partial charge on any atom is 0.251 e. The first-order chi connectivity index (χ1) is 14.7. The van der Waals surface area contributed by atoms with Gasteiger partial charge in [0.05, 0.1) is 5.56 Å². The number of benzene rings is 1. The summed E-state index contributed by atoms with van der Waals surface area (Å²) in [6.45, 7) is 4.73. The quantitative estimate of drug-likeness (QED) is 0.576. The molecule has 0 saturated carbocycles. The molecule has 7 heteroatoms. The molecule has 2 aromatic rings. The summed E-state index contributed by atoms with van der Waals surface area (Å²) in [4.78, 5) is 30.1. The van der Waals surface area contributed by atoms with Crippen LogP contribution in [0.1, 0.15) is 54.1 Å². The smallest absolute Gasteiger partial charge is 0.251 e. The zero-order valence-corrected chi connectivity index (χ0v) is 18.8. The molecule has 168 valence electrons. The van der Waals surface area contributed by atoms with Crippen molar-refractivity contribution >= 4 is 11.8 Å². The molecule has 31 heavy (non-hydrogen) atoms. The molecule has 0 aliphatic heterocycles. The third-order valence-corrected chi connectivity index (χ3v) is 5.38. The number of aromatic nitrogens is 1. The Bertz CT molecular complexity index is 871. The minimum atomic E-state index is -0.787. The van der Waals surface area contributed by atoms with Crippen molar-refractivity contribution in [3.05, 3.63) is 65.2 Å². The van der Waals surface area contributed by atoms with Gasteiger partial charge in [-0.1, -0.05) is 26.0 Å². The van der Waals surface area contributed by atoms with Gasteiger partial charge in [-0.15, -0.1) is 0 Å². The highest BCUT2D eigenvalue weighted by Crippen LogP contribution is 2.26. The van der Waals surface area contributed by atoms with Crippen LogP contribution in [0.5, 0.6) is 0 Å². The fraction of sp³-hybridized carbons (Fsp3) is 0.458. The first-order valence-electron chi connectivity index (χ1n) is 10.6. The lowest BCUT2D eigenvalue weighted by atomic mass is 9.88. The van der Waals surface area contributed by atoms with E-state index in [1.54, 1.807) is 12.3 Å². The number of hydrogen-bond acceptors (Lipinski definition) is 4. The van der Waals surface area contributed by atoms with Crippen LogP contribution >= 0.6 is 0 Å². The summed E-state index contributed by atoms with van der Waals surface area (Å²) in [6.07, 6.45) is 5.39. The van der Waals surface area contributed by atoms with E-state index in [-0.39, 0.29) is 23.4 Å². The van der Waals surface area contributed by atoms with E-state index >= 15 is 0 Å². The van der Waals surface area contributed by atoms with Gasteiger partial charge in [0.1, 0.15) is 5.82 Å². The number of hydrogen-bond donors (Lipinski definition) is 2. The second-order valence-corrected chi connectivity index (χ2v) is 8.62. The van der Waals surface area contributed by atoms with Crippen molar-refractivity contribution in [2.45, 2.75) is 45.1 Å². The van der Waals surface area contributed by atoms with Crippen LogP contribution in [0.4, 0.5) is 4.39 Å². The molecule has 2 rings (SSSR count). The van der Waals surface area contributed by atoms with Gasteiger partial charge in [-0.3, -0.25) is 14.6 Å². The highest BCUT2D eigenvalue weighted by molar-refractivity contribution is 5.93. The van der Waals surface area contributed by atoms with Crippen molar-refractivity contribution in [2.75, 3.05) is 20.6 Å². The molecule has 6 nitrogen and oxygen atoms in total. The van der Waals surface area contributed by atoms with Crippen LogP contribution in [-0.2, 0) is 11.2 Å². The lowest BCUT2D eigenvalue weighted by Gasteiger charge is -2.26. The standard InChI is InChI=1S/C24H33FN4O2/c1-16(2)10-19(18-6-5-9-27-14-18)13-23(30)28-15-20(29(3)4)11-17-7-8-21(24(26)31)22(25)12-17/h5-9,12,14,16,19-20H,10-11,13,15H2,1-4H3,(H2,26,31)(H,28,30). The molecule has 0 aliphatic rings. The first-order valence-corrected chi connectivity index (χ1v) is 10.6. The zero-order valence-electron chi connectivity index (χ0n) is 18.8. The Hall–Kier alpha value is -2.80. The number of amides is 2. The van der Waals surface area contributed by atoms with Crippen molar-refractivity contribution in [2.24, 2.45) is 11.7 Å². The van der Waals surface area contributed by atoms with Crippen molar-refractivity contribution in [3.8, 4) is 0 Å². The maximum atomic E-state index is 14.1. The van der Waals surface area contributed by atoms with Crippen LogP contribution in [0.3, 0.4) is 0 Å². The fourth-order valence-electron chi connectivity index (χ4n) is 3.65. The normalized spacial score (nSPS) is 13.3. The van der Waals surface area contributed by atoms with E-state index in [0.29, 0.717) is 25.3 Å². The molecule has 1 heterocycles. The summed E-state index contributed by atoms with van der Waals surface area (Å²) in [7, 11) is 3.84. The third kappa shape index (κ3) is 7.75. The Morgan fingerprint density at radius 2 is 1.97 bits per heavy atom. The molecule has 3 N–H and O–H groups in total. The Morgan fingerprint density at radius 1 is 1.23 bits per heavy atom.